The Morgan fingerprint density at radius 3 is 2.63 bits per heavy atom. The van der Waals surface area contributed by atoms with E-state index in [4.69, 9.17) is 10.3 Å². The first-order valence-corrected chi connectivity index (χ1v) is 5.71. The molecule has 2 aromatic heterocycles. The van der Waals surface area contributed by atoms with Gasteiger partial charge in [0.2, 0.25) is 11.6 Å². The lowest BCUT2D eigenvalue weighted by Gasteiger charge is -2.00. The van der Waals surface area contributed by atoms with Crippen LogP contribution in [0.4, 0.5) is 5.69 Å². The minimum Gasteiger partial charge on any atom is -0.399 e. The predicted molar refractivity (Wildman–Crippen MR) is 69.9 cm³/mol. The third-order valence-electron chi connectivity index (χ3n) is 2.67. The highest BCUT2D eigenvalue weighted by atomic mass is 16.5. The van der Waals surface area contributed by atoms with Crippen molar-refractivity contribution in [2.24, 2.45) is 0 Å². The zero-order valence-corrected chi connectivity index (χ0v) is 10.2. The highest BCUT2D eigenvalue weighted by molar-refractivity contribution is 5.63. The van der Waals surface area contributed by atoms with E-state index >= 15 is 0 Å². The van der Waals surface area contributed by atoms with E-state index in [-0.39, 0.29) is 0 Å². The lowest BCUT2D eigenvalue weighted by molar-refractivity contribution is 0.431. The van der Waals surface area contributed by atoms with Gasteiger partial charge < -0.3 is 10.3 Å². The third-order valence-corrected chi connectivity index (χ3v) is 2.67. The van der Waals surface area contributed by atoms with Gasteiger partial charge in [-0.3, -0.25) is 0 Å². The number of nitrogens with zero attached hydrogens (tertiary/aromatic N) is 4. The molecular weight excluding hydrogens is 242 g/mol. The molecule has 0 radical (unpaired) electrons. The van der Waals surface area contributed by atoms with Crippen molar-refractivity contribution in [1.29, 1.82) is 0 Å². The molecule has 0 unspecified atom stereocenters. The number of hydrogen-bond acceptors (Lipinski definition) is 6. The number of aromatic nitrogens is 4. The summed E-state index contributed by atoms with van der Waals surface area (Å²) in [5.41, 5.74) is 8.24. The Morgan fingerprint density at radius 2 is 1.89 bits per heavy atom. The van der Waals surface area contributed by atoms with Crippen molar-refractivity contribution >= 4 is 5.69 Å². The number of rotatable bonds is 2. The van der Waals surface area contributed by atoms with Crippen LogP contribution in [0.1, 0.15) is 5.56 Å². The zero-order chi connectivity index (χ0) is 13.2. The second kappa shape index (κ2) is 4.49. The lowest BCUT2D eigenvalue weighted by Crippen LogP contribution is -1.90. The van der Waals surface area contributed by atoms with E-state index in [0.717, 1.165) is 11.1 Å². The Labute approximate surface area is 109 Å². The average molecular weight is 253 g/mol. The minimum absolute atomic E-state index is 0.367. The summed E-state index contributed by atoms with van der Waals surface area (Å²) in [6, 6.07) is 7.24. The molecule has 0 amide bonds. The summed E-state index contributed by atoms with van der Waals surface area (Å²) in [7, 11) is 0. The van der Waals surface area contributed by atoms with E-state index in [1.807, 2.05) is 19.1 Å². The first kappa shape index (κ1) is 11.3. The van der Waals surface area contributed by atoms with E-state index in [1.165, 1.54) is 0 Å². The summed E-state index contributed by atoms with van der Waals surface area (Å²) in [6.45, 7) is 1.94. The zero-order valence-electron chi connectivity index (χ0n) is 10.2. The first-order chi connectivity index (χ1) is 9.24. The highest BCUT2D eigenvalue weighted by Gasteiger charge is 2.13. The van der Waals surface area contributed by atoms with Crippen molar-refractivity contribution in [1.82, 2.24) is 20.1 Å². The molecule has 0 spiro atoms. The molecule has 3 aromatic rings. The van der Waals surface area contributed by atoms with Gasteiger partial charge in [0, 0.05) is 23.6 Å². The van der Waals surface area contributed by atoms with Crippen molar-refractivity contribution in [2.45, 2.75) is 6.92 Å². The number of anilines is 1. The maximum absolute atomic E-state index is 5.72. The van der Waals surface area contributed by atoms with Crippen molar-refractivity contribution in [3.63, 3.8) is 0 Å². The van der Waals surface area contributed by atoms with Crippen LogP contribution in [0.3, 0.4) is 0 Å². The molecular formula is C13H11N5O. The molecule has 1 aromatic carbocycles. The highest BCUT2D eigenvalue weighted by Crippen LogP contribution is 2.24. The number of aryl methyl sites for hydroxylation is 1. The van der Waals surface area contributed by atoms with Gasteiger partial charge in [-0.25, -0.2) is 9.97 Å². The molecule has 6 heteroatoms. The van der Waals surface area contributed by atoms with Crippen LogP contribution in [0.5, 0.6) is 0 Å². The second-order valence-corrected chi connectivity index (χ2v) is 4.07. The summed E-state index contributed by atoms with van der Waals surface area (Å²) in [5, 5.41) is 3.88. The van der Waals surface area contributed by atoms with E-state index in [0.29, 0.717) is 23.2 Å². The minimum atomic E-state index is 0.367. The van der Waals surface area contributed by atoms with E-state index < -0.39 is 0 Å². The standard InChI is InChI=1S/C13H11N5O/c1-8-7-9(14)3-4-10(8)13-17-12(18-19-13)11-15-5-2-6-16-11/h2-7H,14H2,1H3. The molecule has 2 heterocycles. The van der Waals surface area contributed by atoms with Crippen LogP contribution >= 0.6 is 0 Å². The van der Waals surface area contributed by atoms with Gasteiger partial charge in [0.15, 0.2) is 0 Å². The van der Waals surface area contributed by atoms with Crippen LogP contribution in [-0.2, 0) is 0 Å². The second-order valence-electron chi connectivity index (χ2n) is 4.07. The van der Waals surface area contributed by atoms with Gasteiger partial charge in [-0.1, -0.05) is 5.16 Å². The van der Waals surface area contributed by atoms with Crippen LogP contribution in [0.2, 0.25) is 0 Å². The van der Waals surface area contributed by atoms with Crippen LogP contribution in [-0.4, -0.2) is 20.1 Å². The molecule has 2 N–H and O–H groups in total. The van der Waals surface area contributed by atoms with Crippen molar-refractivity contribution in [2.75, 3.05) is 5.73 Å². The van der Waals surface area contributed by atoms with E-state index in [1.54, 1.807) is 24.5 Å². The number of benzene rings is 1. The van der Waals surface area contributed by atoms with Crippen molar-refractivity contribution in [3.8, 4) is 23.1 Å². The molecule has 0 atom stereocenters. The molecule has 0 saturated carbocycles. The van der Waals surface area contributed by atoms with Gasteiger partial charge in [-0.05, 0) is 36.8 Å². The van der Waals surface area contributed by atoms with Gasteiger partial charge >= 0.3 is 0 Å². The molecule has 0 fully saturated rings. The Bertz CT molecular complexity index is 708. The average Bonchev–Trinajstić information content (AvgIpc) is 2.89. The molecule has 0 aliphatic rings. The Kier molecular flexibility index (Phi) is 2.68. The molecule has 19 heavy (non-hydrogen) atoms. The van der Waals surface area contributed by atoms with Crippen LogP contribution in [0.15, 0.2) is 41.2 Å². The third kappa shape index (κ3) is 2.15. The molecule has 0 bridgehead atoms. The van der Waals surface area contributed by atoms with Crippen LogP contribution in [0.25, 0.3) is 23.1 Å². The molecule has 94 valence electrons. The molecule has 3 rings (SSSR count). The molecule has 6 nitrogen and oxygen atoms in total. The Hall–Kier alpha value is -2.76. The first-order valence-electron chi connectivity index (χ1n) is 5.71. The van der Waals surface area contributed by atoms with Gasteiger partial charge in [0.25, 0.3) is 5.89 Å². The summed E-state index contributed by atoms with van der Waals surface area (Å²) >= 11 is 0. The number of nitrogen functional groups attached to an aromatic ring is 1. The number of nitrogens with two attached hydrogens (primary N) is 1. The monoisotopic (exact) mass is 253 g/mol. The maximum atomic E-state index is 5.72. The fourth-order valence-electron chi connectivity index (χ4n) is 1.77. The molecule has 0 aliphatic heterocycles. The molecule has 0 saturated heterocycles. The van der Waals surface area contributed by atoms with Crippen LogP contribution in [0, 0.1) is 6.92 Å². The largest absolute Gasteiger partial charge is 0.399 e. The summed E-state index contributed by atoms with van der Waals surface area (Å²) in [4.78, 5) is 12.5. The summed E-state index contributed by atoms with van der Waals surface area (Å²) < 4.78 is 5.24. The van der Waals surface area contributed by atoms with Gasteiger partial charge in [0.1, 0.15) is 0 Å². The lowest BCUT2D eigenvalue weighted by atomic mass is 10.1. The van der Waals surface area contributed by atoms with E-state index in [2.05, 4.69) is 20.1 Å². The Balaban J connectivity index is 2.02. The van der Waals surface area contributed by atoms with E-state index in [9.17, 15) is 0 Å². The van der Waals surface area contributed by atoms with Crippen molar-refractivity contribution < 1.29 is 4.52 Å². The topological polar surface area (TPSA) is 90.7 Å². The summed E-state index contributed by atoms with van der Waals surface area (Å²) in [5.74, 6) is 1.23. The van der Waals surface area contributed by atoms with Gasteiger partial charge in [0.05, 0.1) is 0 Å². The quantitative estimate of drug-likeness (QED) is 0.703. The Morgan fingerprint density at radius 1 is 1.11 bits per heavy atom. The maximum Gasteiger partial charge on any atom is 0.258 e. The van der Waals surface area contributed by atoms with Gasteiger partial charge in [-0.2, -0.15) is 4.98 Å². The van der Waals surface area contributed by atoms with Crippen LogP contribution < -0.4 is 5.73 Å². The molecule has 0 aliphatic carbocycles. The van der Waals surface area contributed by atoms with Crippen molar-refractivity contribution in [3.05, 3.63) is 42.2 Å². The SMILES string of the molecule is Cc1cc(N)ccc1-c1nc(-c2ncccn2)no1. The fourth-order valence-corrected chi connectivity index (χ4v) is 1.77. The van der Waals surface area contributed by atoms with Gasteiger partial charge in [-0.15, -0.1) is 0 Å². The number of hydrogen-bond donors (Lipinski definition) is 1. The fraction of sp³-hybridized carbons (Fsp3) is 0.0769. The predicted octanol–water partition coefficient (Wildman–Crippen LogP) is 2.08. The normalized spacial score (nSPS) is 10.6. The summed E-state index contributed by atoms with van der Waals surface area (Å²) in [6.07, 6.45) is 3.26. The smallest absolute Gasteiger partial charge is 0.258 e.